The van der Waals surface area contributed by atoms with Gasteiger partial charge in [-0.1, -0.05) is 13.3 Å². The molecule has 0 N–H and O–H groups in total. The Hall–Kier alpha value is -1.39. The van der Waals surface area contributed by atoms with Gasteiger partial charge in [-0.2, -0.15) is 0 Å². The highest BCUT2D eigenvalue weighted by atomic mass is 16.7. The van der Waals surface area contributed by atoms with Crippen LogP contribution >= 0.6 is 0 Å². The molecule has 100 valence electrons. The summed E-state index contributed by atoms with van der Waals surface area (Å²) in [6, 6.07) is 0. The third kappa shape index (κ3) is 2.71. The molecule has 1 heterocycles. The van der Waals surface area contributed by atoms with Crippen LogP contribution in [0.5, 0.6) is 0 Å². The van der Waals surface area contributed by atoms with E-state index in [4.69, 9.17) is 4.84 Å². The van der Waals surface area contributed by atoms with E-state index in [0.29, 0.717) is 11.0 Å². The van der Waals surface area contributed by atoms with E-state index in [1.807, 2.05) is 0 Å². The molecule has 1 saturated heterocycles. The first kappa shape index (κ1) is 13.1. The van der Waals surface area contributed by atoms with Crippen molar-refractivity contribution >= 4 is 17.8 Å². The molecule has 2 fully saturated rings. The molecule has 5 heteroatoms. The molecule has 1 aliphatic carbocycles. The molecular formula is C13H19NO4. The molecule has 2 aliphatic rings. The molecular weight excluding hydrogens is 234 g/mol. The van der Waals surface area contributed by atoms with E-state index in [1.165, 1.54) is 0 Å². The lowest BCUT2D eigenvalue weighted by atomic mass is 9.81. The molecule has 0 bridgehead atoms. The topological polar surface area (TPSA) is 63.7 Å². The molecule has 18 heavy (non-hydrogen) atoms. The molecule has 1 aliphatic heterocycles. The van der Waals surface area contributed by atoms with Crippen LogP contribution in [0.3, 0.4) is 0 Å². The summed E-state index contributed by atoms with van der Waals surface area (Å²) in [4.78, 5) is 39.5. The summed E-state index contributed by atoms with van der Waals surface area (Å²) in [5.41, 5.74) is 0. The van der Waals surface area contributed by atoms with E-state index in [2.05, 4.69) is 6.92 Å². The summed E-state index contributed by atoms with van der Waals surface area (Å²) in [6.45, 7) is 2.16. The lowest BCUT2D eigenvalue weighted by molar-refractivity contribution is -0.201. The summed E-state index contributed by atoms with van der Waals surface area (Å²) in [6.07, 6.45) is 5.09. The van der Waals surface area contributed by atoms with Crippen molar-refractivity contribution in [3.63, 3.8) is 0 Å². The zero-order valence-electron chi connectivity index (χ0n) is 10.7. The molecule has 0 spiro atoms. The summed E-state index contributed by atoms with van der Waals surface area (Å²) >= 11 is 0. The first-order valence-electron chi connectivity index (χ1n) is 6.69. The fourth-order valence-electron chi connectivity index (χ4n) is 2.63. The van der Waals surface area contributed by atoms with E-state index in [1.54, 1.807) is 0 Å². The van der Waals surface area contributed by atoms with Gasteiger partial charge in [0.25, 0.3) is 11.8 Å². The van der Waals surface area contributed by atoms with Gasteiger partial charge in [-0.25, -0.2) is 4.79 Å². The summed E-state index contributed by atoms with van der Waals surface area (Å²) in [7, 11) is 0. The van der Waals surface area contributed by atoms with Crippen molar-refractivity contribution in [2.24, 2.45) is 11.8 Å². The largest absolute Gasteiger partial charge is 0.336 e. The Labute approximate surface area is 106 Å². The summed E-state index contributed by atoms with van der Waals surface area (Å²) in [5, 5.41) is 0.647. The van der Waals surface area contributed by atoms with Crippen LogP contribution in [0.1, 0.15) is 51.9 Å². The van der Waals surface area contributed by atoms with Gasteiger partial charge in [-0.05, 0) is 31.6 Å². The number of hydroxylamine groups is 2. The molecule has 0 aromatic heterocycles. The fraction of sp³-hybridized carbons (Fsp3) is 0.769. The van der Waals surface area contributed by atoms with Gasteiger partial charge >= 0.3 is 5.97 Å². The van der Waals surface area contributed by atoms with Crippen LogP contribution < -0.4 is 0 Å². The molecule has 2 amide bonds. The molecule has 5 nitrogen and oxygen atoms in total. The normalized spacial score (nSPS) is 28.6. The summed E-state index contributed by atoms with van der Waals surface area (Å²) in [5.74, 6) is -0.697. The minimum absolute atomic E-state index is 0.148. The average molecular weight is 253 g/mol. The van der Waals surface area contributed by atoms with Crippen LogP contribution in [0.4, 0.5) is 0 Å². The number of hydrogen-bond donors (Lipinski definition) is 0. The van der Waals surface area contributed by atoms with Crippen LogP contribution in [-0.4, -0.2) is 22.8 Å². The third-order valence-corrected chi connectivity index (χ3v) is 3.94. The highest BCUT2D eigenvalue weighted by Gasteiger charge is 2.35. The Kier molecular flexibility index (Phi) is 3.99. The molecule has 0 radical (unpaired) electrons. The lowest BCUT2D eigenvalue weighted by Crippen LogP contribution is -2.35. The molecule has 0 unspecified atom stereocenters. The number of hydrogen-bond acceptors (Lipinski definition) is 4. The predicted molar refractivity (Wildman–Crippen MR) is 62.9 cm³/mol. The van der Waals surface area contributed by atoms with Gasteiger partial charge in [0, 0.05) is 12.8 Å². The summed E-state index contributed by atoms with van der Waals surface area (Å²) < 4.78 is 0. The maximum Gasteiger partial charge on any atom is 0.336 e. The first-order chi connectivity index (χ1) is 8.61. The van der Waals surface area contributed by atoms with Crippen molar-refractivity contribution < 1.29 is 19.2 Å². The second-order valence-corrected chi connectivity index (χ2v) is 5.12. The van der Waals surface area contributed by atoms with E-state index in [-0.39, 0.29) is 18.8 Å². The van der Waals surface area contributed by atoms with Gasteiger partial charge < -0.3 is 4.84 Å². The average Bonchev–Trinajstić information content (AvgIpc) is 2.70. The Morgan fingerprint density at radius 2 is 1.72 bits per heavy atom. The Morgan fingerprint density at radius 1 is 1.17 bits per heavy atom. The number of rotatable bonds is 3. The molecule has 1 saturated carbocycles. The Bertz CT molecular complexity index is 342. The lowest BCUT2D eigenvalue weighted by Gasteiger charge is -2.26. The van der Waals surface area contributed by atoms with Crippen molar-refractivity contribution in [1.29, 1.82) is 0 Å². The number of imide groups is 1. The third-order valence-electron chi connectivity index (χ3n) is 3.94. The predicted octanol–water partition coefficient (Wildman–Crippen LogP) is 1.81. The number of carbonyl (C=O) groups excluding carboxylic acids is 3. The van der Waals surface area contributed by atoms with E-state index >= 15 is 0 Å². The first-order valence-corrected chi connectivity index (χ1v) is 6.69. The number of amides is 2. The highest BCUT2D eigenvalue weighted by molar-refractivity contribution is 6.01. The zero-order chi connectivity index (χ0) is 13.1. The van der Waals surface area contributed by atoms with Crippen molar-refractivity contribution in [1.82, 2.24) is 5.06 Å². The molecule has 0 atom stereocenters. The van der Waals surface area contributed by atoms with E-state index in [0.717, 1.165) is 32.1 Å². The zero-order valence-corrected chi connectivity index (χ0v) is 10.7. The van der Waals surface area contributed by atoms with Gasteiger partial charge in [-0.15, -0.1) is 5.06 Å². The highest BCUT2D eigenvalue weighted by Crippen LogP contribution is 2.31. The number of carbonyl (C=O) groups is 3. The second kappa shape index (κ2) is 5.50. The Morgan fingerprint density at radius 3 is 2.22 bits per heavy atom. The van der Waals surface area contributed by atoms with Gasteiger partial charge in [0.05, 0.1) is 5.92 Å². The second-order valence-electron chi connectivity index (χ2n) is 5.12. The van der Waals surface area contributed by atoms with Crippen LogP contribution in [0, 0.1) is 11.8 Å². The monoisotopic (exact) mass is 253 g/mol. The Balaban J connectivity index is 1.85. The minimum Gasteiger partial charge on any atom is -0.330 e. The molecule has 0 aromatic rings. The van der Waals surface area contributed by atoms with Crippen molar-refractivity contribution in [3.8, 4) is 0 Å². The van der Waals surface area contributed by atoms with Crippen molar-refractivity contribution in [3.05, 3.63) is 0 Å². The standard InChI is InChI=1S/C13H19NO4/c1-2-9-3-5-10(6-4-9)13(17)18-14-11(15)7-8-12(14)16/h9-10H,2-8H2,1H3. The van der Waals surface area contributed by atoms with Gasteiger partial charge in [0.1, 0.15) is 0 Å². The van der Waals surface area contributed by atoms with Crippen molar-refractivity contribution in [2.45, 2.75) is 51.9 Å². The van der Waals surface area contributed by atoms with Gasteiger partial charge in [-0.3, -0.25) is 9.59 Å². The molecule has 0 aromatic carbocycles. The minimum atomic E-state index is -0.423. The van der Waals surface area contributed by atoms with E-state index < -0.39 is 17.8 Å². The van der Waals surface area contributed by atoms with E-state index in [9.17, 15) is 14.4 Å². The van der Waals surface area contributed by atoms with Gasteiger partial charge in [0.15, 0.2) is 0 Å². The van der Waals surface area contributed by atoms with Crippen LogP contribution in [-0.2, 0) is 19.2 Å². The fourth-order valence-corrected chi connectivity index (χ4v) is 2.63. The number of nitrogens with zero attached hydrogens (tertiary/aromatic N) is 1. The van der Waals surface area contributed by atoms with Gasteiger partial charge in [0.2, 0.25) is 0 Å². The van der Waals surface area contributed by atoms with Crippen LogP contribution in [0.25, 0.3) is 0 Å². The maximum atomic E-state index is 11.9. The van der Waals surface area contributed by atoms with Crippen LogP contribution in [0.15, 0.2) is 0 Å². The smallest absolute Gasteiger partial charge is 0.330 e. The van der Waals surface area contributed by atoms with Crippen LogP contribution in [0.2, 0.25) is 0 Å². The molecule has 2 rings (SSSR count). The maximum absolute atomic E-state index is 11.9. The quantitative estimate of drug-likeness (QED) is 0.719. The van der Waals surface area contributed by atoms with Crippen molar-refractivity contribution in [2.75, 3.05) is 0 Å². The SMILES string of the molecule is CCC1CCC(C(=O)ON2C(=O)CCC2=O)CC1.